The second kappa shape index (κ2) is 29.7. The summed E-state index contributed by atoms with van der Waals surface area (Å²) in [5, 5.41) is 15.5. The van der Waals surface area contributed by atoms with E-state index in [4.69, 9.17) is 17.3 Å². The molecule has 4 unspecified atom stereocenters. The van der Waals surface area contributed by atoms with Crippen LogP contribution in [-0.4, -0.2) is 174 Å². The first-order valence-electron chi connectivity index (χ1n) is 27.9. The minimum absolute atomic E-state index is 0.0524. The van der Waals surface area contributed by atoms with Gasteiger partial charge in [0.15, 0.2) is 0 Å². The lowest BCUT2D eigenvalue weighted by molar-refractivity contribution is -0.149. The van der Waals surface area contributed by atoms with Crippen LogP contribution in [0.1, 0.15) is 161 Å². The lowest BCUT2D eigenvalue weighted by Crippen LogP contribution is -2.60. The van der Waals surface area contributed by atoms with Gasteiger partial charge in [-0.15, -0.1) is 0 Å². The molecule has 19 heteroatoms. The second-order valence-corrected chi connectivity index (χ2v) is 24.6. The van der Waals surface area contributed by atoms with Crippen LogP contribution in [0.3, 0.4) is 0 Å². The number of rotatable bonds is 30. The molecule has 0 aromatic carbocycles. The van der Waals surface area contributed by atoms with Crippen LogP contribution in [-0.2, 0) is 47.8 Å². The largest absolute Gasteiger partial charge is 0.480 e. The van der Waals surface area contributed by atoms with Crippen LogP contribution < -0.4 is 10.6 Å². The van der Waals surface area contributed by atoms with Crippen LogP contribution in [0.5, 0.6) is 0 Å². The zero-order valence-corrected chi connectivity index (χ0v) is 50.0. The van der Waals surface area contributed by atoms with Crippen LogP contribution >= 0.6 is 11.8 Å². The molecule has 2 fully saturated rings. The van der Waals surface area contributed by atoms with Gasteiger partial charge in [0.25, 0.3) is 0 Å². The molecule has 3 aliphatic rings. The highest BCUT2D eigenvalue weighted by atomic mass is 32.2. The van der Waals surface area contributed by atoms with E-state index in [0.29, 0.717) is 51.5 Å². The van der Waals surface area contributed by atoms with Gasteiger partial charge in [0.2, 0.25) is 41.4 Å². The molecule has 2 heterocycles. The normalized spacial score (nSPS) is 23.1. The molecule has 17 nitrogen and oxygen atoms in total. The number of ether oxygens (including phenoxy) is 2. The fraction of sp³-hybridized carbons (Fsp3) is 0.789. The fourth-order valence-electron chi connectivity index (χ4n) is 11.2. The smallest absolute Gasteiger partial charge is 0.326 e. The van der Waals surface area contributed by atoms with Crippen molar-refractivity contribution in [1.82, 2.24) is 30.2 Å². The summed E-state index contributed by atoms with van der Waals surface area (Å²) in [7, 11) is 12.5. The molecule has 2 aliphatic heterocycles. The van der Waals surface area contributed by atoms with Crippen molar-refractivity contribution in [3.05, 3.63) is 22.8 Å². The van der Waals surface area contributed by atoms with Gasteiger partial charge in [-0.05, 0) is 86.6 Å². The summed E-state index contributed by atoms with van der Waals surface area (Å²) < 4.78 is 11.5. The maximum Gasteiger partial charge on any atom is 0.326 e. The molecule has 1 aliphatic carbocycles. The van der Waals surface area contributed by atoms with Crippen molar-refractivity contribution >= 4 is 66.9 Å². The third-order valence-electron chi connectivity index (χ3n) is 16.8. The van der Waals surface area contributed by atoms with Crippen molar-refractivity contribution in [1.29, 1.82) is 0 Å². The summed E-state index contributed by atoms with van der Waals surface area (Å²) in [4.78, 5) is 115. The SMILES string of the molecule is [B]C(C)(CC)SC1CC(=O)N(CCCCCC(=O)N(C)[C@H](C(=O)N[C@H](C(=O)N(C)[C@@H]([C@@H](C)CC)[C@@H](CC(=O)N2CCC[C@H]2[C@H](OC)[C@@H](C)C(=O)N[C@@H](CC2=CC(C)C(C)=C(C)C2C)C(=O)O)OC)C(C)C)C(C)C)C1=O. The molecule has 0 aromatic heterocycles. The monoisotopic (exact) mass is 1080 g/mol. The van der Waals surface area contributed by atoms with Crippen LogP contribution in [0.25, 0.3) is 0 Å². The number of likely N-dealkylation sites (N-methyl/N-ethyl adjacent to an activating group) is 2. The van der Waals surface area contributed by atoms with Crippen molar-refractivity contribution < 1.29 is 52.9 Å². The molecule has 3 rings (SSSR count). The van der Waals surface area contributed by atoms with E-state index in [2.05, 4.69) is 44.4 Å². The minimum Gasteiger partial charge on any atom is -0.480 e. The Kier molecular flexibility index (Phi) is 25.8. The molecule has 3 N–H and O–H groups in total. The highest BCUT2D eigenvalue weighted by Gasteiger charge is 2.45. The van der Waals surface area contributed by atoms with Gasteiger partial charge in [-0.1, -0.05) is 112 Å². The minimum atomic E-state index is -1.15. The molecule has 0 saturated carbocycles. The zero-order valence-electron chi connectivity index (χ0n) is 49.2. The number of nitrogens with zero attached hydrogens (tertiary/aromatic N) is 4. The molecule has 0 spiro atoms. The number of thioether (sulfide) groups is 1. The number of carbonyl (C=O) groups is 8. The Hall–Kier alpha value is -4.23. The number of hydrogen-bond donors (Lipinski definition) is 3. The van der Waals surface area contributed by atoms with E-state index in [-0.39, 0.29) is 91.4 Å². The van der Waals surface area contributed by atoms with E-state index in [9.17, 15) is 43.5 Å². The number of allylic oxidation sites excluding steroid dienone is 3. The van der Waals surface area contributed by atoms with E-state index in [1.54, 1.807) is 30.8 Å². The molecule has 0 aromatic rings. The highest BCUT2D eigenvalue weighted by Crippen LogP contribution is 2.37. The molecule has 76 heavy (non-hydrogen) atoms. The van der Waals surface area contributed by atoms with Gasteiger partial charge in [0.1, 0.15) is 18.1 Å². The Labute approximate surface area is 461 Å². The number of carboxylic acid groups (broad SMARTS) is 1. The Morgan fingerprint density at radius 3 is 2.11 bits per heavy atom. The number of carbonyl (C=O) groups excluding carboxylic acids is 7. The van der Waals surface area contributed by atoms with Crippen LogP contribution in [0.4, 0.5) is 0 Å². The molecule has 0 bridgehead atoms. The summed E-state index contributed by atoms with van der Waals surface area (Å²) >= 11 is 1.33. The number of likely N-dealkylation sites (tertiary alicyclic amines) is 2. The van der Waals surface area contributed by atoms with E-state index in [0.717, 1.165) is 5.57 Å². The maximum atomic E-state index is 14.7. The Morgan fingerprint density at radius 1 is 0.908 bits per heavy atom. The van der Waals surface area contributed by atoms with Gasteiger partial charge in [-0.3, -0.25) is 38.5 Å². The molecule has 13 atom stereocenters. The van der Waals surface area contributed by atoms with E-state index < -0.39 is 76.0 Å². The van der Waals surface area contributed by atoms with Gasteiger partial charge in [0.05, 0.1) is 49.7 Å². The first-order chi connectivity index (χ1) is 35.5. The lowest BCUT2D eigenvalue weighted by atomic mass is 9.77. The summed E-state index contributed by atoms with van der Waals surface area (Å²) in [6.07, 6.45) is 5.12. The molecule has 428 valence electrons. The molecule has 7 amide bonds. The predicted octanol–water partition coefficient (Wildman–Crippen LogP) is 6.75. The number of aliphatic carboxylic acids is 1. The van der Waals surface area contributed by atoms with E-state index in [1.165, 1.54) is 46.9 Å². The zero-order chi connectivity index (χ0) is 57.7. The molecular formula is C57H95BN6O11S. The third-order valence-corrected chi connectivity index (χ3v) is 18.3. The van der Waals surface area contributed by atoms with Gasteiger partial charge in [0, 0.05) is 54.2 Å². The number of methoxy groups -OCH3 is 2. The second-order valence-electron chi connectivity index (χ2n) is 22.9. The Morgan fingerprint density at radius 2 is 1.55 bits per heavy atom. The third kappa shape index (κ3) is 16.9. The number of nitrogens with one attached hydrogen (secondary N) is 2. The Balaban J connectivity index is 1.69. The van der Waals surface area contributed by atoms with E-state index in [1.807, 2.05) is 55.4 Å². The standard InChI is InChI=1S/C57H95BN6O11S/c1-18-34(7)50(43(74-16)30-46(66)63-27-23-24-42(63)51(75-17)39(12)52(68)59-41(56(72)73)29-40-28-35(8)36(9)37(10)38(40)11)62(15)55(71)48(32(3)4)60-53(69)49(33(5)6)61(14)45(65)25-21-20-22-26-64-47(67)31-44(54(64)70)76-57(13,58)19-2/h28,32-35,38-39,41-44,48-51H,18-27,29-31H2,1-17H3,(H,59,68)(H,60,69)(H,72,73)/t34-,35?,38?,39+,41-,42-,43+,44?,48-,49-,50-,51+,57?/m0/s1. The number of carboxylic acids is 1. The fourth-order valence-corrected chi connectivity index (χ4v) is 12.5. The topological polar surface area (TPSA) is 212 Å². The van der Waals surface area contributed by atoms with Crippen molar-refractivity contribution in [2.75, 3.05) is 41.4 Å². The number of unbranched alkanes of at least 4 members (excludes halogenated alkanes) is 2. The molecule has 2 radical (unpaired) electrons. The van der Waals surface area contributed by atoms with Crippen molar-refractivity contribution in [2.45, 2.75) is 213 Å². The van der Waals surface area contributed by atoms with Crippen LogP contribution in [0.2, 0.25) is 0 Å². The van der Waals surface area contributed by atoms with Gasteiger partial charge < -0.3 is 39.9 Å². The average Bonchev–Trinajstić information content (AvgIpc) is 3.95. The van der Waals surface area contributed by atoms with Crippen LogP contribution in [0.15, 0.2) is 22.8 Å². The van der Waals surface area contributed by atoms with Crippen LogP contribution in [0, 0.1) is 35.5 Å². The van der Waals surface area contributed by atoms with Crippen molar-refractivity contribution in [3.63, 3.8) is 0 Å². The predicted molar refractivity (Wildman–Crippen MR) is 299 cm³/mol. The first-order valence-corrected chi connectivity index (χ1v) is 28.8. The summed E-state index contributed by atoms with van der Waals surface area (Å²) in [5.74, 6) is -4.75. The molecular weight excluding hydrogens is 988 g/mol. The van der Waals surface area contributed by atoms with E-state index >= 15 is 0 Å². The Bertz CT molecular complexity index is 2120. The summed E-state index contributed by atoms with van der Waals surface area (Å²) in [5.41, 5.74) is 3.43. The average molecular weight is 1080 g/mol. The quantitative estimate of drug-likeness (QED) is 0.0295. The van der Waals surface area contributed by atoms with Gasteiger partial charge >= 0.3 is 5.97 Å². The number of hydrogen-bond acceptors (Lipinski definition) is 11. The summed E-state index contributed by atoms with van der Waals surface area (Å²) in [6, 6.07) is -4.09. The first kappa shape index (κ1) is 66.1. The maximum absolute atomic E-state index is 14.7. The number of imide groups is 1. The summed E-state index contributed by atoms with van der Waals surface area (Å²) in [6.45, 7) is 25.8. The van der Waals surface area contributed by atoms with Crippen molar-refractivity contribution in [3.8, 4) is 0 Å². The van der Waals surface area contributed by atoms with Gasteiger partial charge in [-0.2, -0.15) is 11.8 Å². The van der Waals surface area contributed by atoms with Crippen molar-refractivity contribution in [2.24, 2.45) is 35.5 Å². The number of amides is 7. The van der Waals surface area contributed by atoms with Gasteiger partial charge in [-0.25, -0.2) is 4.79 Å². The highest BCUT2D eigenvalue weighted by molar-refractivity contribution is 8.03. The molecule has 2 saturated heterocycles. The lowest BCUT2D eigenvalue weighted by Gasteiger charge is -2.41.